The van der Waals surface area contributed by atoms with Crippen LogP contribution in [0.1, 0.15) is 34.8 Å². The number of benzene rings is 1. The summed E-state index contributed by atoms with van der Waals surface area (Å²) in [5.41, 5.74) is 1.24. The summed E-state index contributed by atoms with van der Waals surface area (Å²) in [7, 11) is 0. The van der Waals surface area contributed by atoms with Gasteiger partial charge in [0.25, 0.3) is 5.91 Å². The van der Waals surface area contributed by atoms with Crippen LogP contribution in [0.4, 0.5) is 0 Å². The molecule has 0 bridgehead atoms. The van der Waals surface area contributed by atoms with Crippen LogP contribution >= 0.6 is 11.6 Å². The molecule has 2 heterocycles. The zero-order valence-corrected chi connectivity index (χ0v) is 14.1. The molecule has 1 aliphatic rings. The Morgan fingerprint density at radius 3 is 2.62 bits per heavy atom. The van der Waals surface area contributed by atoms with Crippen molar-refractivity contribution in [2.24, 2.45) is 0 Å². The Hall–Kier alpha value is -2.11. The van der Waals surface area contributed by atoms with Crippen LogP contribution in [0.15, 0.2) is 47.4 Å². The minimum Gasteiger partial charge on any atom is -0.350 e. The fraction of sp³-hybridized carbons (Fsp3) is 0.333. The van der Waals surface area contributed by atoms with Gasteiger partial charge in [-0.2, -0.15) is 0 Å². The van der Waals surface area contributed by atoms with Gasteiger partial charge in [-0.1, -0.05) is 29.8 Å². The Morgan fingerprint density at radius 1 is 1.21 bits per heavy atom. The molecule has 2 N–H and O–H groups in total. The Kier molecular flexibility index (Phi) is 5.33. The number of pyridine rings is 1. The number of hydrogen-bond donors (Lipinski definition) is 2. The van der Waals surface area contributed by atoms with Crippen LogP contribution in [0, 0.1) is 0 Å². The molecular weight excluding hydrogens is 326 g/mol. The maximum absolute atomic E-state index is 12.3. The first kappa shape index (κ1) is 16.7. The van der Waals surface area contributed by atoms with Gasteiger partial charge in [0.2, 0.25) is 5.56 Å². The minimum atomic E-state index is -0.224. The molecule has 24 heavy (non-hydrogen) atoms. The van der Waals surface area contributed by atoms with E-state index in [-0.39, 0.29) is 17.5 Å². The highest BCUT2D eigenvalue weighted by molar-refractivity contribution is 6.31. The molecule has 0 saturated carbocycles. The van der Waals surface area contributed by atoms with Crippen molar-refractivity contribution in [3.05, 3.63) is 69.1 Å². The van der Waals surface area contributed by atoms with E-state index in [0.29, 0.717) is 17.1 Å². The van der Waals surface area contributed by atoms with E-state index in [0.717, 1.165) is 31.5 Å². The summed E-state index contributed by atoms with van der Waals surface area (Å²) in [4.78, 5) is 28.3. The van der Waals surface area contributed by atoms with E-state index < -0.39 is 0 Å². The maximum Gasteiger partial charge on any atom is 0.252 e. The molecule has 1 saturated heterocycles. The largest absolute Gasteiger partial charge is 0.350 e. The maximum atomic E-state index is 12.3. The first-order valence-electron chi connectivity index (χ1n) is 8.10. The predicted molar refractivity (Wildman–Crippen MR) is 94.4 cm³/mol. The zero-order valence-electron chi connectivity index (χ0n) is 13.3. The number of H-pyrrole nitrogens is 1. The smallest absolute Gasteiger partial charge is 0.252 e. The molecule has 0 unspecified atom stereocenters. The lowest BCUT2D eigenvalue weighted by Gasteiger charge is -2.29. The number of carbonyl (C=O) groups is 1. The third kappa shape index (κ3) is 3.86. The van der Waals surface area contributed by atoms with E-state index in [1.54, 1.807) is 0 Å². The molecule has 1 atom stereocenters. The molecule has 0 radical (unpaired) electrons. The lowest BCUT2D eigenvalue weighted by Crippen LogP contribution is -2.37. The minimum absolute atomic E-state index is 0.0490. The molecule has 3 rings (SSSR count). The fourth-order valence-electron chi connectivity index (χ4n) is 3.08. The topological polar surface area (TPSA) is 65.2 Å². The average molecular weight is 346 g/mol. The molecular formula is C18H20ClN3O2. The molecule has 6 heteroatoms. The van der Waals surface area contributed by atoms with Crippen LogP contribution in [-0.4, -0.2) is 35.4 Å². The number of aromatic amines is 1. The van der Waals surface area contributed by atoms with Gasteiger partial charge >= 0.3 is 0 Å². The molecule has 2 aromatic rings. The van der Waals surface area contributed by atoms with Crippen molar-refractivity contribution in [3.8, 4) is 0 Å². The molecule has 5 nitrogen and oxygen atoms in total. The molecule has 126 valence electrons. The summed E-state index contributed by atoms with van der Waals surface area (Å²) in [6.45, 7) is 2.48. The Bertz CT molecular complexity index is 748. The number of amides is 1. The van der Waals surface area contributed by atoms with Gasteiger partial charge in [-0.25, -0.2) is 0 Å². The normalized spacial score (nSPS) is 16.0. The lowest BCUT2D eigenvalue weighted by molar-refractivity contribution is 0.0937. The van der Waals surface area contributed by atoms with Crippen molar-refractivity contribution in [1.82, 2.24) is 15.2 Å². The molecule has 1 aromatic carbocycles. The summed E-state index contributed by atoms with van der Waals surface area (Å²) in [6, 6.07) is 10.7. The third-order valence-electron chi connectivity index (χ3n) is 4.35. The number of aromatic nitrogens is 1. The lowest BCUT2D eigenvalue weighted by atomic mass is 10.1. The Balaban J connectivity index is 1.74. The SMILES string of the molecule is O=C(NC[C@@H](c1ccccc1Cl)N1CCCC1)c1ccc(=O)[nH]c1. The van der Waals surface area contributed by atoms with Gasteiger partial charge in [0, 0.05) is 23.8 Å². The molecule has 0 aliphatic carbocycles. The monoisotopic (exact) mass is 345 g/mol. The van der Waals surface area contributed by atoms with E-state index in [4.69, 9.17) is 11.6 Å². The molecule has 0 spiro atoms. The number of hydrogen-bond acceptors (Lipinski definition) is 3. The Morgan fingerprint density at radius 2 is 1.96 bits per heavy atom. The number of nitrogens with one attached hydrogen (secondary N) is 2. The van der Waals surface area contributed by atoms with E-state index in [9.17, 15) is 9.59 Å². The van der Waals surface area contributed by atoms with Crippen molar-refractivity contribution < 1.29 is 4.79 Å². The van der Waals surface area contributed by atoms with Crippen molar-refractivity contribution in [2.45, 2.75) is 18.9 Å². The van der Waals surface area contributed by atoms with Crippen LogP contribution in [0.5, 0.6) is 0 Å². The number of likely N-dealkylation sites (tertiary alicyclic amines) is 1. The van der Waals surface area contributed by atoms with E-state index in [1.165, 1.54) is 18.3 Å². The summed E-state index contributed by atoms with van der Waals surface area (Å²) >= 11 is 6.37. The van der Waals surface area contributed by atoms with E-state index >= 15 is 0 Å². The number of carbonyl (C=O) groups excluding carboxylic acids is 1. The highest BCUT2D eigenvalue weighted by Crippen LogP contribution is 2.29. The van der Waals surface area contributed by atoms with Crippen LogP contribution in [0.2, 0.25) is 5.02 Å². The highest BCUT2D eigenvalue weighted by atomic mass is 35.5. The molecule has 1 amide bonds. The van der Waals surface area contributed by atoms with Gasteiger partial charge in [0.1, 0.15) is 0 Å². The van der Waals surface area contributed by atoms with Crippen molar-refractivity contribution in [2.75, 3.05) is 19.6 Å². The second kappa shape index (κ2) is 7.64. The highest BCUT2D eigenvalue weighted by Gasteiger charge is 2.25. The molecule has 1 aromatic heterocycles. The van der Waals surface area contributed by atoms with Gasteiger partial charge in [0.05, 0.1) is 11.6 Å². The first-order valence-corrected chi connectivity index (χ1v) is 8.48. The summed E-state index contributed by atoms with van der Waals surface area (Å²) in [6.07, 6.45) is 3.75. The van der Waals surface area contributed by atoms with Gasteiger partial charge in [0.15, 0.2) is 0 Å². The molecule has 1 fully saturated rings. The summed E-state index contributed by atoms with van der Waals surface area (Å²) in [5.74, 6) is -0.206. The van der Waals surface area contributed by atoms with Crippen molar-refractivity contribution in [1.29, 1.82) is 0 Å². The van der Waals surface area contributed by atoms with Crippen LogP contribution < -0.4 is 10.9 Å². The standard InChI is InChI=1S/C18H20ClN3O2/c19-15-6-2-1-5-14(15)16(22-9-3-4-10-22)12-21-18(24)13-7-8-17(23)20-11-13/h1-2,5-8,11,16H,3-4,9-10,12H2,(H,20,23)(H,21,24)/t16-/m0/s1. The number of rotatable bonds is 5. The van der Waals surface area contributed by atoms with Gasteiger partial charge in [-0.05, 0) is 43.6 Å². The fourth-order valence-corrected chi connectivity index (χ4v) is 3.34. The quantitative estimate of drug-likeness (QED) is 0.875. The summed E-state index contributed by atoms with van der Waals surface area (Å²) in [5, 5.41) is 3.68. The summed E-state index contributed by atoms with van der Waals surface area (Å²) < 4.78 is 0. The van der Waals surface area contributed by atoms with Crippen LogP contribution in [-0.2, 0) is 0 Å². The van der Waals surface area contributed by atoms with Gasteiger partial charge in [-0.15, -0.1) is 0 Å². The van der Waals surface area contributed by atoms with Gasteiger partial charge in [-0.3, -0.25) is 14.5 Å². The van der Waals surface area contributed by atoms with Crippen LogP contribution in [0.25, 0.3) is 0 Å². The third-order valence-corrected chi connectivity index (χ3v) is 4.69. The Labute approximate surface area is 145 Å². The van der Waals surface area contributed by atoms with E-state index in [1.807, 2.05) is 24.3 Å². The van der Waals surface area contributed by atoms with Crippen molar-refractivity contribution >= 4 is 17.5 Å². The second-order valence-electron chi connectivity index (χ2n) is 5.93. The van der Waals surface area contributed by atoms with Crippen molar-refractivity contribution in [3.63, 3.8) is 0 Å². The van der Waals surface area contributed by atoms with E-state index in [2.05, 4.69) is 15.2 Å². The van der Waals surface area contributed by atoms with Crippen LogP contribution in [0.3, 0.4) is 0 Å². The predicted octanol–water partition coefficient (Wildman–Crippen LogP) is 2.60. The molecule has 1 aliphatic heterocycles. The van der Waals surface area contributed by atoms with Gasteiger partial charge < -0.3 is 10.3 Å². The first-order chi connectivity index (χ1) is 11.6. The number of nitrogens with zero attached hydrogens (tertiary/aromatic N) is 1. The number of halogens is 1. The zero-order chi connectivity index (χ0) is 16.9. The second-order valence-corrected chi connectivity index (χ2v) is 6.34. The average Bonchev–Trinajstić information content (AvgIpc) is 3.11.